The van der Waals surface area contributed by atoms with Gasteiger partial charge in [0.25, 0.3) is 0 Å². The van der Waals surface area contributed by atoms with E-state index in [1.54, 1.807) is 0 Å². The second-order valence-corrected chi connectivity index (χ2v) is 15.0. The molecule has 0 saturated heterocycles. The molecule has 0 aromatic rings. The van der Waals surface area contributed by atoms with E-state index in [0.717, 1.165) is 11.9 Å². The summed E-state index contributed by atoms with van der Waals surface area (Å²) in [5, 5.41) is 2.39. The van der Waals surface area contributed by atoms with E-state index in [9.17, 15) is 0 Å². The van der Waals surface area contributed by atoms with Gasteiger partial charge in [0.1, 0.15) is 0 Å². The zero-order valence-electron chi connectivity index (χ0n) is 8.57. The van der Waals surface area contributed by atoms with E-state index < -0.39 is 29.0 Å². The fraction of sp³-hybridized carbons (Fsp3) is 1.00. The molecule has 0 fully saturated rings. The van der Waals surface area contributed by atoms with Crippen LogP contribution in [0.4, 0.5) is 0 Å². The predicted molar refractivity (Wildman–Crippen MR) is 64.8 cm³/mol. The molecule has 1 nitrogen and oxygen atoms in total. The van der Waals surface area contributed by atoms with Crippen molar-refractivity contribution < 1.29 is 3.76 Å². The minimum absolute atomic E-state index is 0.137. The summed E-state index contributed by atoms with van der Waals surface area (Å²) in [6.07, 6.45) is 1.21. The molecule has 0 atom stereocenters. The standard InChI is InChI=1S/C8H18Cl2Ge2O/c1-11(2)13-6-4-5-12(3)7-8(9)10/h8H,4-7H2,1-3H3. The second kappa shape index (κ2) is 8.90. The first-order valence-corrected chi connectivity index (χ1v) is 15.5. The summed E-state index contributed by atoms with van der Waals surface area (Å²) in [5.74, 6) is 6.82. The van der Waals surface area contributed by atoms with Gasteiger partial charge in [-0.2, -0.15) is 0 Å². The van der Waals surface area contributed by atoms with Crippen LogP contribution >= 0.6 is 23.2 Å². The maximum absolute atomic E-state index is 5.72. The number of alkyl halides is 2. The van der Waals surface area contributed by atoms with Crippen molar-refractivity contribution in [2.45, 2.75) is 39.0 Å². The maximum atomic E-state index is 5.72. The van der Waals surface area contributed by atoms with Crippen molar-refractivity contribution in [2.75, 3.05) is 6.61 Å². The van der Waals surface area contributed by atoms with Crippen molar-refractivity contribution in [1.29, 1.82) is 0 Å². The monoisotopic (exact) mass is 348 g/mol. The van der Waals surface area contributed by atoms with Gasteiger partial charge in [-0.05, 0) is 0 Å². The molecule has 0 saturated carbocycles. The Kier molecular flexibility index (Phi) is 10.0. The topological polar surface area (TPSA) is 9.23 Å². The number of rotatable bonds is 7. The van der Waals surface area contributed by atoms with E-state index in [-0.39, 0.29) is 4.84 Å². The van der Waals surface area contributed by atoms with E-state index in [2.05, 4.69) is 17.3 Å². The summed E-state index contributed by atoms with van der Waals surface area (Å²) in [7, 11) is 0. The summed E-state index contributed by atoms with van der Waals surface area (Å²) in [6, 6.07) is 0. The molecule has 0 rings (SSSR count). The summed E-state index contributed by atoms with van der Waals surface area (Å²) in [5.41, 5.74) is 0. The Morgan fingerprint density at radius 3 is 2.31 bits per heavy atom. The van der Waals surface area contributed by atoms with Crippen LogP contribution in [-0.2, 0) is 3.76 Å². The summed E-state index contributed by atoms with van der Waals surface area (Å²) in [6.45, 7) is 0.960. The summed E-state index contributed by atoms with van der Waals surface area (Å²) < 4.78 is 5.62. The van der Waals surface area contributed by atoms with Crippen LogP contribution in [-0.4, -0.2) is 40.5 Å². The Balaban J connectivity index is 3.22. The van der Waals surface area contributed by atoms with Gasteiger partial charge in [-0.15, -0.1) is 0 Å². The van der Waals surface area contributed by atoms with E-state index in [1.165, 1.54) is 11.7 Å². The third kappa shape index (κ3) is 11.6. The van der Waals surface area contributed by atoms with Crippen molar-refractivity contribution in [3.05, 3.63) is 0 Å². The first kappa shape index (κ1) is 14.6. The van der Waals surface area contributed by atoms with Crippen LogP contribution in [0.5, 0.6) is 0 Å². The number of halogens is 2. The van der Waals surface area contributed by atoms with E-state index >= 15 is 0 Å². The summed E-state index contributed by atoms with van der Waals surface area (Å²) >= 11 is 9.51. The Morgan fingerprint density at radius 1 is 1.23 bits per heavy atom. The van der Waals surface area contributed by atoms with Crippen molar-refractivity contribution in [3.63, 3.8) is 0 Å². The molecule has 0 spiro atoms. The SMILES string of the molecule is [CH3][Ge]([CH2]CC[O][Ge]([CH3])[CH3])[CH2]C(Cl)Cl. The Bertz CT molecular complexity index is 123. The van der Waals surface area contributed by atoms with E-state index in [0.29, 0.717) is 0 Å². The Morgan fingerprint density at radius 2 is 1.85 bits per heavy atom. The number of hydrogen-bond acceptors (Lipinski definition) is 1. The van der Waals surface area contributed by atoms with Crippen LogP contribution in [0.25, 0.3) is 0 Å². The predicted octanol–water partition coefficient (Wildman–Crippen LogP) is 3.57. The van der Waals surface area contributed by atoms with Crippen LogP contribution in [0.1, 0.15) is 6.42 Å². The van der Waals surface area contributed by atoms with Gasteiger partial charge in [0.15, 0.2) is 0 Å². The Hall–Kier alpha value is 1.63. The fourth-order valence-electron chi connectivity index (χ4n) is 1.02. The van der Waals surface area contributed by atoms with Crippen LogP contribution in [0, 0.1) is 0 Å². The van der Waals surface area contributed by atoms with Gasteiger partial charge in [-0.3, -0.25) is 0 Å². The van der Waals surface area contributed by atoms with Gasteiger partial charge in [0, 0.05) is 0 Å². The molecular formula is C8H18Cl2Ge2O. The minimum atomic E-state index is -1.03. The van der Waals surface area contributed by atoms with Gasteiger partial charge in [-0.25, -0.2) is 0 Å². The van der Waals surface area contributed by atoms with Gasteiger partial charge in [-0.1, -0.05) is 0 Å². The zero-order valence-corrected chi connectivity index (χ0v) is 14.3. The molecule has 78 valence electrons. The molecule has 5 heteroatoms. The second-order valence-electron chi connectivity index (χ2n) is 3.41. The summed E-state index contributed by atoms with van der Waals surface area (Å²) in [4.78, 5) is -0.137. The fourth-order valence-corrected chi connectivity index (χ4v) is 8.02. The molecular weight excluding hydrogens is 328 g/mol. The molecule has 0 aromatic heterocycles. The van der Waals surface area contributed by atoms with Crippen LogP contribution < -0.4 is 0 Å². The van der Waals surface area contributed by atoms with E-state index in [4.69, 9.17) is 27.0 Å². The first-order valence-electron chi connectivity index (χ1n) is 4.54. The average Bonchev–Trinajstić information content (AvgIpc) is 1.96. The van der Waals surface area contributed by atoms with Crippen LogP contribution in [0.15, 0.2) is 0 Å². The van der Waals surface area contributed by atoms with E-state index in [1.807, 2.05) is 0 Å². The molecule has 0 unspecified atom stereocenters. The molecule has 0 aliphatic carbocycles. The third-order valence-corrected chi connectivity index (χ3v) is 9.53. The molecule has 0 bridgehead atoms. The molecule has 0 heterocycles. The molecule has 0 amide bonds. The molecule has 13 heavy (non-hydrogen) atoms. The van der Waals surface area contributed by atoms with Crippen molar-refractivity contribution in [2.24, 2.45) is 0 Å². The van der Waals surface area contributed by atoms with Gasteiger partial charge < -0.3 is 0 Å². The van der Waals surface area contributed by atoms with Gasteiger partial charge in [0.2, 0.25) is 0 Å². The first-order chi connectivity index (χ1) is 6.02. The Labute approximate surface area is 101 Å². The van der Waals surface area contributed by atoms with Crippen LogP contribution in [0.3, 0.4) is 0 Å². The normalized spacial score (nSPS) is 12.0. The molecule has 2 radical (unpaired) electrons. The molecule has 0 aliphatic heterocycles. The average molecular weight is 346 g/mol. The van der Waals surface area contributed by atoms with Crippen molar-refractivity contribution in [1.82, 2.24) is 0 Å². The third-order valence-electron chi connectivity index (χ3n) is 1.64. The zero-order chi connectivity index (χ0) is 10.3. The quantitative estimate of drug-likeness (QED) is 0.389. The molecule has 0 N–H and O–H groups in total. The van der Waals surface area contributed by atoms with Crippen molar-refractivity contribution >= 4 is 52.2 Å². The van der Waals surface area contributed by atoms with Gasteiger partial charge in [0.05, 0.1) is 0 Å². The number of hydrogen-bond donors (Lipinski definition) is 0. The molecule has 0 aliphatic rings. The van der Waals surface area contributed by atoms with Crippen LogP contribution in [0.2, 0.25) is 27.8 Å². The van der Waals surface area contributed by atoms with Crippen molar-refractivity contribution in [3.8, 4) is 0 Å². The molecule has 0 aromatic carbocycles. The van der Waals surface area contributed by atoms with Gasteiger partial charge >= 0.3 is 102 Å².